The third-order valence-corrected chi connectivity index (χ3v) is 14.4. The summed E-state index contributed by atoms with van der Waals surface area (Å²) in [6.07, 6.45) is 14.6. The van der Waals surface area contributed by atoms with Gasteiger partial charge >= 0.3 is 0 Å². The van der Waals surface area contributed by atoms with Crippen molar-refractivity contribution < 1.29 is 5.11 Å². The van der Waals surface area contributed by atoms with Gasteiger partial charge in [0.1, 0.15) is 0 Å². The van der Waals surface area contributed by atoms with E-state index in [-0.39, 0.29) is 11.5 Å². The zero-order valence-electron chi connectivity index (χ0n) is 23.3. The molecule has 5 aliphatic carbocycles. The third kappa shape index (κ3) is 2.81. The SMILES string of the molecule is C=C(C)[C@H]1CCC[C@]2(C)CC[C@@]3(C)[C@]4(C)CC[C@H]5C(C)(C)[C@@H](O)CC[C@]5(C)[C@H]4CC[C@]3(C)[C@@H]12. The summed E-state index contributed by atoms with van der Waals surface area (Å²) in [5.74, 6) is 2.96. The Morgan fingerprint density at radius 3 is 2.03 bits per heavy atom. The van der Waals surface area contributed by atoms with Crippen molar-refractivity contribution in [2.24, 2.45) is 56.2 Å². The van der Waals surface area contributed by atoms with Gasteiger partial charge in [-0.15, -0.1) is 0 Å². The number of fused-ring (bicyclic) bond motifs is 7. The smallest absolute Gasteiger partial charge is 0.0594 e. The lowest BCUT2D eigenvalue weighted by Gasteiger charge is -2.77. The first-order chi connectivity index (χ1) is 15.2. The number of aliphatic hydroxyl groups is 1. The fraction of sp³-hybridized carbons (Fsp3) is 0.938. The maximum Gasteiger partial charge on any atom is 0.0594 e. The quantitative estimate of drug-likeness (QED) is 0.392. The maximum absolute atomic E-state index is 11.0. The topological polar surface area (TPSA) is 20.2 Å². The summed E-state index contributed by atoms with van der Waals surface area (Å²) < 4.78 is 0. The minimum absolute atomic E-state index is 0.0511. The molecule has 0 saturated heterocycles. The summed E-state index contributed by atoms with van der Waals surface area (Å²) in [4.78, 5) is 0. The molecule has 0 aromatic rings. The summed E-state index contributed by atoms with van der Waals surface area (Å²) in [7, 11) is 0. The zero-order chi connectivity index (χ0) is 24.2. The summed E-state index contributed by atoms with van der Waals surface area (Å²) in [5, 5.41) is 11.0. The van der Waals surface area contributed by atoms with Crippen molar-refractivity contribution in [2.45, 2.75) is 132 Å². The van der Waals surface area contributed by atoms with Gasteiger partial charge in [0.05, 0.1) is 6.10 Å². The Morgan fingerprint density at radius 2 is 1.36 bits per heavy atom. The highest BCUT2D eigenvalue weighted by atomic mass is 16.3. The first-order valence-corrected chi connectivity index (χ1v) is 14.5. The minimum atomic E-state index is -0.127. The van der Waals surface area contributed by atoms with E-state index in [0.29, 0.717) is 38.9 Å². The molecule has 1 heteroatoms. The van der Waals surface area contributed by atoms with E-state index in [4.69, 9.17) is 0 Å². The Morgan fingerprint density at radius 1 is 0.727 bits per heavy atom. The Balaban J connectivity index is 1.59. The number of hydrogen-bond acceptors (Lipinski definition) is 1. The second kappa shape index (κ2) is 7.14. The van der Waals surface area contributed by atoms with Gasteiger partial charge < -0.3 is 5.11 Å². The molecule has 5 rings (SSSR count). The fourth-order valence-electron chi connectivity index (χ4n) is 12.4. The third-order valence-electron chi connectivity index (χ3n) is 14.4. The predicted octanol–water partition coefficient (Wildman–Crippen LogP) is 8.81. The normalized spacial score (nSPS) is 57.8. The molecule has 0 aliphatic heterocycles. The Labute approximate surface area is 205 Å². The molecule has 0 unspecified atom stereocenters. The number of allylic oxidation sites excluding steroid dienone is 1. The second-order valence-corrected chi connectivity index (χ2v) is 15.7. The average molecular weight is 455 g/mol. The van der Waals surface area contributed by atoms with Gasteiger partial charge in [-0.25, -0.2) is 0 Å². The lowest BCUT2D eigenvalue weighted by atomic mass is 9.28. The van der Waals surface area contributed by atoms with Gasteiger partial charge in [0.25, 0.3) is 0 Å². The van der Waals surface area contributed by atoms with Gasteiger partial charge in [-0.1, -0.05) is 67.0 Å². The van der Waals surface area contributed by atoms with Gasteiger partial charge in [0.2, 0.25) is 0 Å². The zero-order valence-corrected chi connectivity index (χ0v) is 23.3. The van der Waals surface area contributed by atoms with Crippen molar-refractivity contribution in [1.29, 1.82) is 0 Å². The van der Waals surface area contributed by atoms with Crippen LogP contribution >= 0.6 is 0 Å². The van der Waals surface area contributed by atoms with Crippen molar-refractivity contribution in [3.8, 4) is 0 Å². The van der Waals surface area contributed by atoms with Crippen LogP contribution in [-0.2, 0) is 0 Å². The van der Waals surface area contributed by atoms with Crippen molar-refractivity contribution in [3.05, 3.63) is 12.2 Å². The Hall–Kier alpha value is -0.300. The Kier molecular flexibility index (Phi) is 5.28. The number of hydrogen-bond donors (Lipinski definition) is 1. The van der Waals surface area contributed by atoms with E-state index in [9.17, 15) is 5.11 Å². The monoisotopic (exact) mass is 454 g/mol. The van der Waals surface area contributed by atoms with Gasteiger partial charge in [0.15, 0.2) is 0 Å². The highest BCUT2D eigenvalue weighted by molar-refractivity contribution is 5.23. The molecule has 0 spiro atoms. The van der Waals surface area contributed by atoms with E-state index in [1.165, 1.54) is 69.8 Å². The molecule has 10 atom stereocenters. The molecule has 5 aliphatic rings. The lowest BCUT2D eigenvalue weighted by molar-refractivity contribution is -0.285. The Bertz CT molecular complexity index is 826. The van der Waals surface area contributed by atoms with Crippen molar-refractivity contribution >= 4 is 0 Å². The maximum atomic E-state index is 11.0. The largest absolute Gasteiger partial charge is 0.393 e. The van der Waals surface area contributed by atoms with Gasteiger partial charge in [-0.3, -0.25) is 0 Å². The molecule has 0 aromatic heterocycles. The lowest BCUT2D eigenvalue weighted by Crippen LogP contribution is -2.70. The molecule has 1 nitrogen and oxygen atoms in total. The molecule has 188 valence electrons. The molecule has 33 heavy (non-hydrogen) atoms. The first-order valence-electron chi connectivity index (χ1n) is 14.5. The van der Waals surface area contributed by atoms with Crippen molar-refractivity contribution in [3.63, 3.8) is 0 Å². The van der Waals surface area contributed by atoms with E-state index in [0.717, 1.165) is 18.3 Å². The van der Waals surface area contributed by atoms with Crippen LogP contribution in [0.1, 0.15) is 126 Å². The number of rotatable bonds is 1. The minimum Gasteiger partial charge on any atom is -0.393 e. The van der Waals surface area contributed by atoms with Crippen LogP contribution in [0.3, 0.4) is 0 Å². The van der Waals surface area contributed by atoms with Crippen LogP contribution in [0.25, 0.3) is 0 Å². The van der Waals surface area contributed by atoms with Crippen LogP contribution in [0.15, 0.2) is 12.2 Å². The van der Waals surface area contributed by atoms with E-state index >= 15 is 0 Å². The van der Waals surface area contributed by atoms with Crippen LogP contribution in [-0.4, -0.2) is 11.2 Å². The van der Waals surface area contributed by atoms with E-state index in [1.807, 2.05) is 0 Å². The molecule has 5 fully saturated rings. The molecule has 0 amide bonds. The molecule has 0 bridgehead atoms. The van der Waals surface area contributed by atoms with Crippen LogP contribution < -0.4 is 0 Å². The fourth-order valence-corrected chi connectivity index (χ4v) is 12.4. The summed E-state index contributed by atoms with van der Waals surface area (Å²) in [6.45, 7) is 25.2. The molecular weight excluding hydrogens is 400 g/mol. The highest BCUT2D eigenvalue weighted by Gasteiger charge is 2.73. The second-order valence-electron chi connectivity index (χ2n) is 15.7. The molecule has 1 N–H and O–H groups in total. The van der Waals surface area contributed by atoms with Gasteiger partial charge in [0, 0.05) is 0 Å². The van der Waals surface area contributed by atoms with Gasteiger partial charge in [-0.2, -0.15) is 0 Å². The molecular formula is C32H54O. The van der Waals surface area contributed by atoms with Crippen molar-refractivity contribution in [2.75, 3.05) is 0 Å². The summed E-state index contributed by atoms with van der Waals surface area (Å²) >= 11 is 0. The molecule has 0 aromatic carbocycles. The van der Waals surface area contributed by atoms with Crippen LogP contribution in [0.4, 0.5) is 0 Å². The predicted molar refractivity (Wildman–Crippen MR) is 140 cm³/mol. The van der Waals surface area contributed by atoms with E-state index in [2.05, 4.69) is 62.0 Å². The van der Waals surface area contributed by atoms with Gasteiger partial charge in [-0.05, 0) is 127 Å². The van der Waals surface area contributed by atoms with E-state index < -0.39 is 0 Å². The average Bonchev–Trinajstić information content (AvgIpc) is 2.72. The standard InChI is InChI=1S/C32H54O/c1-21(2)22-11-10-15-28(5)19-20-32(9)30(7)17-12-23-27(3,4)25(33)14-16-29(23,6)24(30)13-18-31(32,8)26(22)28/h22-26,33H,1,10-20H2,2-9H3/t22-,23+,24-,25+,26+,28-,29+,30-,31-,32+/m1/s1. The van der Waals surface area contributed by atoms with Crippen molar-refractivity contribution in [1.82, 2.24) is 0 Å². The highest BCUT2D eigenvalue weighted by Crippen LogP contribution is 2.80. The number of aliphatic hydroxyl groups excluding tert-OH is 1. The van der Waals surface area contributed by atoms with Crippen LogP contribution in [0.5, 0.6) is 0 Å². The van der Waals surface area contributed by atoms with Crippen LogP contribution in [0.2, 0.25) is 0 Å². The first kappa shape index (κ1) is 24.4. The van der Waals surface area contributed by atoms with Crippen LogP contribution in [0, 0.1) is 56.2 Å². The molecule has 5 saturated carbocycles. The summed E-state index contributed by atoms with van der Waals surface area (Å²) in [6, 6.07) is 0. The van der Waals surface area contributed by atoms with E-state index in [1.54, 1.807) is 0 Å². The molecule has 0 heterocycles. The molecule has 0 radical (unpaired) electrons. The summed E-state index contributed by atoms with van der Waals surface area (Å²) in [5.41, 5.74) is 3.59.